The third-order valence-corrected chi connectivity index (χ3v) is 5.47. The molecule has 1 fully saturated rings. The van der Waals surface area contributed by atoms with E-state index in [4.69, 9.17) is 14.2 Å². The topological polar surface area (TPSA) is 65.1 Å². The van der Waals surface area contributed by atoms with E-state index >= 15 is 0 Å². The molecule has 0 atom stereocenters. The van der Waals surface area contributed by atoms with Crippen LogP contribution >= 0.6 is 0 Å². The Morgan fingerprint density at radius 3 is 2.25 bits per heavy atom. The fourth-order valence-electron chi connectivity index (χ4n) is 2.38. The van der Waals surface area contributed by atoms with E-state index in [-0.39, 0.29) is 4.90 Å². The zero-order valence-corrected chi connectivity index (χ0v) is 12.1. The van der Waals surface area contributed by atoms with Gasteiger partial charge in [0.25, 0.3) is 0 Å². The number of sulfonamides is 1. The van der Waals surface area contributed by atoms with Gasteiger partial charge in [0.15, 0.2) is 11.5 Å². The highest BCUT2D eigenvalue weighted by Gasteiger charge is 2.29. The Balaban J connectivity index is 2.00. The molecule has 110 valence electrons. The van der Waals surface area contributed by atoms with Gasteiger partial charge in [-0.25, -0.2) is 8.42 Å². The lowest BCUT2D eigenvalue weighted by Gasteiger charge is -2.27. The number of hydrogen-bond acceptors (Lipinski definition) is 5. The van der Waals surface area contributed by atoms with Crippen LogP contribution in [0.5, 0.6) is 11.5 Å². The number of fused-ring (bicyclic) bond motifs is 1. The second-order valence-electron chi connectivity index (χ2n) is 4.78. The molecule has 6 nitrogen and oxygen atoms in total. The smallest absolute Gasteiger partial charge is 0.243 e. The molecule has 2 aliphatic rings. The molecule has 0 unspecified atom stereocenters. The van der Waals surface area contributed by atoms with Crippen LogP contribution < -0.4 is 9.47 Å². The van der Waals surface area contributed by atoms with Gasteiger partial charge >= 0.3 is 0 Å². The highest BCUT2D eigenvalue weighted by atomic mass is 32.2. The minimum atomic E-state index is -3.51. The van der Waals surface area contributed by atoms with E-state index in [1.807, 2.05) is 0 Å². The summed E-state index contributed by atoms with van der Waals surface area (Å²) in [6.45, 7) is 4.33. The lowest BCUT2D eigenvalue weighted by Crippen LogP contribution is -2.40. The predicted octanol–water partition coefficient (Wildman–Crippen LogP) is 0.787. The first-order chi connectivity index (χ1) is 9.59. The summed E-state index contributed by atoms with van der Waals surface area (Å²) in [5.74, 6) is 1.10. The minimum Gasteiger partial charge on any atom is -0.486 e. The van der Waals surface area contributed by atoms with Crippen molar-refractivity contribution in [3.05, 3.63) is 17.7 Å². The quantitative estimate of drug-likeness (QED) is 0.808. The van der Waals surface area contributed by atoms with Crippen molar-refractivity contribution in [2.75, 3.05) is 39.5 Å². The van der Waals surface area contributed by atoms with E-state index in [1.54, 1.807) is 19.1 Å². The Labute approximate surface area is 118 Å². The van der Waals surface area contributed by atoms with E-state index < -0.39 is 10.0 Å². The number of ether oxygens (including phenoxy) is 3. The van der Waals surface area contributed by atoms with Crippen molar-refractivity contribution in [1.29, 1.82) is 0 Å². The van der Waals surface area contributed by atoms with Crippen molar-refractivity contribution in [2.45, 2.75) is 11.8 Å². The molecule has 0 aliphatic carbocycles. The Kier molecular flexibility index (Phi) is 3.57. The average molecular weight is 299 g/mol. The van der Waals surface area contributed by atoms with Crippen molar-refractivity contribution in [3.8, 4) is 11.5 Å². The molecule has 1 aromatic rings. The van der Waals surface area contributed by atoms with Gasteiger partial charge in [-0.2, -0.15) is 4.31 Å². The molecule has 3 rings (SSSR count). The van der Waals surface area contributed by atoms with Crippen molar-refractivity contribution >= 4 is 10.0 Å². The summed E-state index contributed by atoms with van der Waals surface area (Å²) < 4.78 is 42.9. The van der Waals surface area contributed by atoms with Crippen molar-refractivity contribution < 1.29 is 22.6 Å². The van der Waals surface area contributed by atoms with Crippen molar-refractivity contribution in [3.63, 3.8) is 0 Å². The van der Waals surface area contributed by atoms with Crippen LogP contribution in [0, 0.1) is 6.92 Å². The first-order valence-electron chi connectivity index (χ1n) is 6.57. The molecular weight excluding hydrogens is 282 g/mol. The molecule has 0 radical (unpaired) electrons. The second-order valence-corrected chi connectivity index (χ2v) is 6.68. The maximum absolute atomic E-state index is 12.7. The van der Waals surface area contributed by atoms with E-state index in [2.05, 4.69) is 0 Å². The SMILES string of the molecule is Cc1cc2c(cc1S(=O)(=O)N1CCOCC1)OCCO2. The van der Waals surface area contributed by atoms with Crippen LogP contribution in [0.3, 0.4) is 0 Å². The summed E-state index contributed by atoms with van der Waals surface area (Å²) in [7, 11) is -3.51. The molecule has 0 aromatic heterocycles. The lowest BCUT2D eigenvalue weighted by molar-refractivity contribution is 0.0730. The summed E-state index contributed by atoms with van der Waals surface area (Å²) in [6, 6.07) is 3.29. The Morgan fingerprint density at radius 2 is 1.60 bits per heavy atom. The van der Waals surface area contributed by atoms with Gasteiger partial charge in [0.05, 0.1) is 18.1 Å². The second kappa shape index (κ2) is 5.23. The van der Waals surface area contributed by atoms with Crippen LogP contribution in [-0.4, -0.2) is 52.2 Å². The van der Waals surface area contributed by atoms with Crippen LogP contribution in [0.1, 0.15) is 5.56 Å². The largest absolute Gasteiger partial charge is 0.486 e. The fourth-order valence-corrected chi connectivity index (χ4v) is 4.01. The molecule has 0 N–H and O–H groups in total. The number of rotatable bonds is 2. The molecular formula is C13H17NO5S. The summed E-state index contributed by atoms with van der Waals surface area (Å²) in [5, 5.41) is 0. The van der Waals surface area contributed by atoms with Gasteiger partial charge in [0.1, 0.15) is 13.2 Å². The molecule has 2 aliphatic heterocycles. The highest BCUT2D eigenvalue weighted by molar-refractivity contribution is 7.89. The van der Waals surface area contributed by atoms with Gasteiger partial charge in [-0.3, -0.25) is 0 Å². The van der Waals surface area contributed by atoms with E-state index in [0.29, 0.717) is 56.6 Å². The normalized spacial score (nSPS) is 19.9. The van der Waals surface area contributed by atoms with Gasteiger partial charge in [-0.1, -0.05) is 0 Å². The summed E-state index contributed by atoms with van der Waals surface area (Å²) in [5.41, 5.74) is 0.667. The van der Waals surface area contributed by atoms with Gasteiger partial charge in [0.2, 0.25) is 10.0 Å². The number of aryl methyl sites for hydroxylation is 1. The average Bonchev–Trinajstić information content (AvgIpc) is 2.47. The number of nitrogens with zero attached hydrogens (tertiary/aromatic N) is 1. The Bertz CT molecular complexity index is 607. The fraction of sp³-hybridized carbons (Fsp3) is 0.538. The summed E-state index contributed by atoms with van der Waals surface area (Å²) in [4.78, 5) is 0.281. The molecule has 0 spiro atoms. The number of hydrogen-bond donors (Lipinski definition) is 0. The van der Waals surface area contributed by atoms with Gasteiger partial charge in [0, 0.05) is 19.2 Å². The summed E-state index contributed by atoms with van der Waals surface area (Å²) in [6.07, 6.45) is 0. The van der Waals surface area contributed by atoms with E-state index in [9.17, 15) is 8.42 Å². The number of benzene rings is 1. The maximum atomic E-state index is 12.7. The predicted molar refractivity (Wildman–Crippen MR) is 71.7 cm³/mol. The summed E-state index contributed by atoms with van der Waals surface area (Å²) >= 11 is 0. The Morgan fingerprint density at radius 1 is 1.00 bits per heavy atom. The number of morpholine rings is 1. The zero-order valence-electron chi connectivity index (χ0n) is 11.3. The van der Waals surface area contributed by atoms with Crippen LogP contribution in [0.25, 0.3) is 0 Å². The lowest BCUT2D eigenvalue weighted by atomic mass is 10.2. The van der Waals surface area contributed by atoms with Gasteiger partial charge < -0.3 is 14.2 Å². The van der Waals surface area contributed by atoms with Crippen LogP contribution in [0.4, 0.5) is 0 Å². The van der Waals surface area contributed by atoms with Crippen molar-refractivity contribution in [2.24, 2.45) is 0 Å². The van der Waals surface area contributed by atoms with Gasteiger partial charge in [-0.05, 0) is 18.6 Å². The first-order valence-corrected chi connectivity index (χ1v) is 8.01. The van der Waals surface area contributed by atoms with Crippen molar-refractivity contribution in [1.82, 2.24) is 4.31 Å². The first kappa shape index (κ1) is 13.7. The highest BCUT2D eigenvalue weighted by Crippen LogP contribution is 2.35. The zero-order chi connectivity index (χ0) is 14.2. The van der Waals surface area contributed by atoms with Crippen LogP contribution in [0.15, 0.2) is 17.0 Å². The molecule has 2 heterocycles. The molecule has 7 heteroatoms. The van der Waals surface area contributed by atoms with Gasteiger partial charge in [-0.15, -0.1) is 0 Å². The standard InChI is InChI=1S/C13H17NO5S/c1-10-8-11-12(19-7-6-18-11)9-13(10)20(15,16)14-2-4-17-5-3-14/h8-9H,2-7H2,1H3. The molecule has 0 bridgehead atoms. The molecule has 1 saturated heterocycles. The third-order valence-electron chi connectivity index (χ3n) is 3.43. The molecule has 1 aromatic carbocycles. The van der Waals surface area contributed by atoms with Crippen LogP contribution in [0.2, 0.25) is 0 Å². The third kappa shape index (κ3) is 2.36. The molecule has 20 heavy (non-hydrogen) atoms. The Hall–Kier alpha value is -1.31. The monoisotopic (exact) mass is 299 g/mol. The maximum Gasteiger partial charge on any atom is 0.243 e. The van der Waals surface area contributed by atoms with E-state index in [0.717, 1.165) is 0 Å². The van der Waals surface area contributed by atoms with E-state index in [1.165, 1.54) is 4.31 Å². The molecule has 0 saturated carbocycles. The minimum absolute atomic E-state index is 0.281. The van der Waals surface area contributed by atoms with Crippen LogP contribution in [-0.2, 0) is 14.8 Å². The molecule has 0 amide bonds.